The summed E-state index contributed by atoms with van der Waals surface area (Å²) in [5, 5.41) is 3.44. The number of carbonyl (C=O) groups excluding carboxylic acids is 2. The second-order valence-electron chi connectivity index (χ2n) is 9.04. The molecule has 3 rings (SSSR count). The molecule has 0 heterocycles. The van der Waals surface area contributed by atoms with Crippen molar-refractivity contribution in [1.82, 2.24) is 14.5 Å². The molecule has 1 atom stereocenters. The number of benzene rings is 3. The second kappa shape index (κ2) is 12.9. The van der Waals surface area contributed by atoms with Gasteiger partial charge in [0.15, 0.2) is 0 Å². The van der Waals surface area contributed by atoms with Gasteiger partial charge in [0.2, 0.25) is 21.8 Å². The number of nitrogens with zero attached hydrogens (tertiary/aromatic N) is 2. The van der Waals surface area contributed by atoms with E-state index in [-0.39, 0.29) is 19.0 Å². The Bertz CT molecular complexity index is 1300. The van der Waals surface area contributed by atoms with Crippen LogP contribution in [0.5, 0.6) is 0 Å². The van der Waals surface area contributed by atoms with Crippen molar-refractivity contribution < 1.29 is 18.0 Å². The monoisotopic (exact) mass is 541 g/mol. The molecule has 0 spiro atoms. The highest BCUT2D eigenvalue weighted by molar-refractivity contribution is 7.88. The van der Waals surface area contributed by atoms with Gasteiger partial charge in [-0.2, -0.15) is 4.31 Å². The molecule has 3 aromatic rings. The molecule has 196 valence electrons. The van der Waals surface area contributed by atoms with Gasteiger partial charge in [0.1, 0.15) is 6.04 Å². The third-order valence-corrected chi connectivity index (χ3v) is 7.45. The number of rotatable bonds is 11. The molecule has 1 unspecified atom stereocenters. The summed E-state index contributed by atoms with van der Waals surface area (Å²) in [4.78, 5) is 28.0. The first kappa shape index (κ1) is 28.4. The number of aryl methyl sites for hydroxylation is 1. The summed E-state index contributed by atoms with van der Waals surface area (Å²) < 4.78 is 26.2. The zero-order chi connectivity index (χ0) is 27.0. The number of sulfonamides is 1. The molecule has 0 saturated heterocycles. The molecule has 0 aliphatic heterocycles. The van der Waals surface area contributed by atoms with E-state index in [0.29, 0.717) is 11.6 Å². The molecule has 0 radical (unpaired) electrons. The van der Waals surface area contributed by atoms with Crippen molar-refractivity contribution in [2.24, 2.45) is 0 Å². The maximum Gasteiger partial charge on any atom is 0.242 e. The van der Waals surface area contributed by atoms with Gasteiger partial charge in [-0.15, -0.1) is 0 Å². The highest BCUT2D eigenvalue weighted by Crippen LogP contribution is 2.16. The molecule has 9 heteroatoms. The summed E-state index contributed by atoms with van der Waals surface area (Å²) in [6, 6.07) is 23.0. The van der Waals surface area contributed by atoms with Gasteiger partial charge in [-0.3, -0.25) is 9.59 Å². The van der Waals surface area contributed by atoms with Crippen molar-refractivity contribution in [3.05, 3.63) is 106 Å². The fourth-order valence-electron chi connectivity index (χ4n) is 3.73. The van der Waals surface area contributed by atoms with E-state index in [4.69, 9.17) is 11.6 Å². The summed E-state index contributed by atoms with van der Waals surface area (Å²) in [6.07, 6.45) is 1.07. The first-order valence-electron chi connectivity index (χ1n) is 11.9. The second-order valence-corrected chi connectivity index (χ2v) is 11.5. The van der Waals surface area contributed by atoms with Crippen molar-refractivity contribution in [1.29, 1.82) is 0 Å². The van der Waals surface area contributed by atoms with Crippen molar-refractivity contribution in [2.45, 2.75) is 39.5 Å². The Kier molecular flexibility index (Phi) is 9.86. The van der Waals surface area contributed by atoms with Crippen molar-refractivity contribution in [2.75, 3.05) is 12.8 Å². The van der Waals surface area contributed by atoms with Crippen LogP contribution in [-0.4, -0.2) is 48.3 Å². The smallest absolute Gasteiger partial charge is 0.242 e. The summed E-state index contributed by atoms with van der Waals surface area (Å²) in [5.41, 5.74) is 3.58. The summed E-state index contributed by atoms with van der Waals surface area (Å²) in [7, 11) is -3.70. The molecule has 3 aromatic carbocycles. The van der Waals surface area contributed by atoms with E-state index in [0.717, 1.165) is 32.8 Å². The minimum Gasteiger partial charge on any atom is -0.350 e. The Balaban J connectivity index is 1.80. The lowest BCUT2D eigenvalue weighted by Crippen LogP contribution is -2.50. The molecule has 0 bridgehead atoms. The molecule has 37 heavy (non-hydrogen) atoms. The lowest BCUT2D eigenvalue weighted by Gasteiger charge is -2.31. The maximum absolute atomic E-state index is 13.5. The molecule has 2 amide bonds. The number of hydrogen-bond acceptors (Lipinski definition) is 4. The Hall–Kier alpha value is -3.20. The maximum atomic E-state index is 13.5. The van der Waals surface area contributed by atoms with E-state index in [1.165, 1.54) is 4.90 Å². The van der Waals surface area contributed by atoms with Crippen LogP contribution in [-0.2, 0) is 39.2 Å². The highest BCUT2D eigenvalue weighted by Gasteiger charge is 2.29. The molecular formula is C28H32ClN3O4S. The molecule has 0 saturated carbocycles. The number of hydrogen-bond donors (Lipinski definition) is 1. The minimum absolute atomic E-state index is 0.0498. The molecule has 0 aliphatic carbocycles. The minimum atomic E-state index is -3.70. The van der Waals surface area contributed by atoms with Gasteiger partial charge in [-0.25, -0.2) is 8.42 Å². The first-order chi connectivity index (χ1) is 17.5. The Morgan fingerprint density at radius 3 is 2.03 bits per heavy atom. The van der Waals surface area contributed by atoms with Gasteiger partial charge in [0, 0.05) is 24.7 Å². The van der Waals surface area contributed by atoms with Crippen LogP contribution in [0.2, 0.25) is 5.02 Å². The van der Waals surface area contributed by atoms with Gasteiger partial charge in [0.05, 0.1) is 12.8 Å². The fourth-order valence-corrected chi connectivity index (χ4v) is 4.59. The third kappa shape index (κ3) is 8.70. The average Bonchev–Trinajstić information content (AvgIpc) is 2.87. The van der Waals surface area contributed by atoms with Crippen molar-refractivity contribution in [3.8, 4) is 0 Å². The largest absolute Gasteiger partial charge is 0.350 e. The van der Waals surface area contributed by atoms with Gasteiger partial charge in [-0.1, -0.05) is 83.9 Å². The van der Waals surface area contributed by atoms with E-state index in [9.17, 15) is 18.0 Å². The van der Waals surface area contributed by atoms with Gasteiger partial charge < -0.3 is 10.2 Å². The quantitative estimate of drug-likeness (QED) is 0.395. The standard InChI is InChI=1S/C28H32ClN3O4S/c1-21-9-11-23(12-10-21)17-30-28(34)22(2)32(19-25-13-15-26(29)16-14-25)27(33)20-31(37(3,35)36)18-24-7-5-4-6-8-24/h4-16,22H,17-20H2,1-3H3,(H,30,34). The van der Waals surface area contributed by atoms with Gasteiger partial charge in [0.25, 0.3) is 0 Å². The average molecular weight is 542 g/mol. The molecular weight excluding hydrogens is 510 g/mol. The van der Waals surface area contributed by atoms with Crippen LogP contribution in [0.1, 0.15) is 29.2 Å². The van der Waals surface area contributed by atoms with Crippen LogP contribution in [0.25, 0.3) is 0 Å². The zero-order valence-electron chi connectivity index (χ0n) is 21.2. The first-order valence-corrected chi connectivity index (χ1v) is 14.1. The van der Waals surface area contributed by atoms with Crippen LogP contribution in [0.15, 0.2) is 78.9 Å². The molecule has 0 fully saturated rings. The molecule has 7 nitrogen and oxygen atoms in total. The van der Waals surface area contributed by atoms with E-state index < -0.39 is 28.5 Å². The lowest BCUT2D eigenvalue weighted by molar-refractivity contribution is -0.140. The Labute approximate surface area is 224 Å². The molecule has 1 N–H and O–H groups in total. The Morgan fingerprint density at radius 2 is 1.43 bits per heavy atom. The van der Waals surface area contributed by atoms with E-state index in [1.807, 2.05) is 49.4 Å². The SMILES string of the molecule is Cc1ccc(CNC(=O)C(C)N(Cc2ccc(Cl)cc2)C(=O)CN(Cc2ccccc2)S(C)(=O)=O)cc1. The summed E-state index contributed by atoms with van der Waals surface area (Å²) >= 11 is 6.01. The lowest BCUT2D eigenvalue weighted by atomic mass is 10.1. The summed E-state index contributed by atoms with van der Waals surface area (Å²) in [5.74, 6) is -0.814. The van der Waals surface area contributed by atoms with E-state index >= 15 is 0 Å². The van der Waals surface area contributed by atoms with Crippen molar-refractivity contribution >= 4 is 33.4 Å². The number of halogens is 1. The van der Waals surface area contributed by atoms with Crippen LogP contribution in [0, 0.1) is 6.92 Å². The molecule has 0 aromatic heterocycles. The third-order valence-electron chi connectivity index (χ3n) is 6.00. The van der Waals surface area contributed by atoms with E-state index in [2.05, 4.69) is 5.32 Å². The number of carbonyl (C=O) groups is 2. The van der Waals surface area contributed by atoms with E-state index in [1.54, 1.807) is 43.3 Å². The fraction of sp³-hybridized carbons (Fsp3) is 0.286. The highest BCUT2D eigenvalue weighted by atomic mass is 35.5. The molecule has 0 aliphatic rings. The predicted molar refractivity (Wildman–Crippen MR) is 146 cm³/mol. The van der Waals surface area contributed by atoms with Crippen molar-refractivity contribution in [3.63, 3.8) is 0 Å². The van der Waals surface area contributed by atoms with Gasteiger partial charge >= 0.3 is 0 Å². The number of amides is 2. The predicted octanol–water partition coefficient (Wildman–Crippen LogP) is 4.14. The topological polar surface area (TPSA) is 86.8 Å². The van der Waals surface area contributed by atoms with Crippen LogP contribution in [0.4, 0.5) is 0 Å². The Morgan fingerprint density at radius 1 is 0.865 bits per heavy atom. The van der Waals surface area contributed by atoms with Crippen LogP contribution in [0.3, 0.4) is 0 Å². The number of nitrogens with one attached hydrogen (secondary N) is 1. The van der Waals surface area contributed by atoms with Gasteiger partial charge in [-0.05, 0) is 42.7 Å². The zero-order valence-corrected chi connectivity index (χ0v) is 22.8. The summed E-state index contributed by atoms with van der Waals surface area (Å²) in [6.45, 7) is 3.72. The normalized spacial score (nSPS) is 12.2. The van der Waals surface area contributed by atoms with Crippen LogP contribution >= 0.6 is 11.6 Å². The van der Waals surface area contributed by atoms with Crippen LogP contribution < -0.4 is 5.32 Å².